The van der Waals surface area contributed by atoms with Gasteiger partial charge < -0.3 is 14.7 Å². The number of amides is 1. The van der Waals surface area contributed by atoms with E-state index in [-0.39, 0.29) is 24.1 Å². The SMILES string of the molecule is CC1CC(C(=O)O)CN(C(=O)c2ccc(-c3ccc(OC(F)F)cc3)s2)C1. The van der Waals surface area contributed by atoms with E-state index in [2.05, 4.69) is 4.74 Å². The Balaban J connectivity index is 1.73. The second-order valence-electron chi connectivity index (χ2n) is 6.65. The maximum absolute atomic E-state index is 12.8. The molecule has 0 aliphatic carbocycles. The highest BCUT2D eigenvalue weighted by atomic mass is 32.1. The van der Waals surface area contributed by atoms with Crippen LogP contribution in [0.3, 0.4) is 0 Å². The Hall–Kier alpha value is -2.48. The minimum atomic E-state index is -2.87. The zero-order valence-corrected chi connectivity index (χ0v) is 15.4. The number of nitrogens with zero attached hydrogens (tertiary/aromatic N) is 1. The fraction of sp³-hybridized carbons (Fsp3) is 0.368. The number of carboxylic acids is 1. The first-order chi connectivity index (χ1) is 12.8. The van der Waals surface area contributed by atoms with Crippen molar-refractivity contribution >= 4 is 23.2 Å². The second-order valence-corrected chi connectivity index (χ2v) is 7.74. The Kier molecular flexibility index (Phi) is 5.74. The smallest absolute Gasteiger partial charge is 0.387 e. The lowest BCUT2D eigenvalue weighted by atomic mass is 9.90. The number of hydrogen-bond acceptors (Lipinski definition) is 4. The first-order valence-electron chi connectivity index (χ1n) is 8.50. The lowest BCUT2D eigenvalue weighted by Gasteiger charge is -2.34. The van der Waals surface area contributed by atoms with Crippen LogP contribution in [0.25, 0.3) is 10.4 Å². The molecule has 1 saturated heterocycles. The molecule has 1 aromatic heterocycles. The predicted octanol–water partition coefficient (Wildman–Crippen LogP) is 4.20. The average Bonchev–Trinajstić information content (AvgIpc) is 3.10. The van der Waals surface area contributed by atoms with Crippen LogP contribution < -0.4 is 4.74 Å². The molecule has 1 fully saturated rings. The van der Waals surface area contributed by atoms with E-state index in [9.17, 15) is 23.5 Å². The summed E-state index contributed by atoms with van der Waals surface area (Å²) in [5.41, 5.74) is 0.788. The van der Waals surface area contributed by atoms with E-state index in [0.29, 0.717) is 17.8 Å². The molecule has 1 aliphatic rings. The minimum Gasteiger partial charge on any atom is -0.481 e. The highest BCUT2D eigenvalue weighted by Crippen LogP contribution is 2.31. The number of rotatable bonds is 5. The number of piperidine rings is 1. The molecule has 27 heavy (non-hydrogen) atoms. The van der Waals surface area contributed by atoms with Crippen LogP contribution in [-0.4, -0.2) is 41.6 Å². The predicted molar refractivity (Wildman–Crippen MR) is 97.2 cm³/mol. The highest BCUT2D eigenvalue weighted by molar-refractivity contribution is 7.17. The van der Waals surface area contributed by atoms with E-state index in [0.717, 1.165) is 10.4 Å². The molecule has 1 aromatic carbocycles. The van der Waals surface area contributed by atoms with Gasteiger partial charge in [0.1, 0.15) is 5.75 Å². The summed E-state index contributed by atoms with van der Waals surface area (Å²) in [6.45, 7) is -0.178. The summed E-state index contributed by atoms with van der Waals surface area (Å²) in [5.74, 6) is -1.40. The zero-order chi connectivity index (χ0) is 19.6. The molecule has 144 valence electrons. The van der Waals surface area contributed by atoms with Crippen molar-refractivity contribution in [1.82, 2.24) is 4.90 Å². The summed E-state index contributed by atoms with van der Waals surface area (Å²) < 4.78 is 28.8. The third-order valence-corrected chi connectivity index (χ3v) is 5.60. The molecule has 5 nitrogen and oxygen atoms in total. The lowest BCUT2D eigenvalue weighted by molar-refractivity contribution is -0.143. The van der Waals surface area contributed by atoms with Crippen molar-refractivity contribution in [3.8, 4) is 16.2 Å². The first-order valence-corrected chi connectivity index (χ1v) is 9.32. The van der Waals surface area contributed by atoms with Gasteiger partial charge >= 0.3 is 12.6 Å². The maximum Gasteiger partial charge on any atom is 0.387 e. The monoisotopic (exact) mass is 395 g/mol. The van der Waals surface area contributed by atoms with Crippen LogP contribution in [0.5, 0.6) is 5.75 Å². The highest BCUT2D eigenvalue weighted by Gasteiger charge is 2.32. The molecular weight excluding hydrogens is 376 g/mol. The molecule has 2 unspecified atom stereocenters. The Bertz CT molecular complexity index is 821. The number of halogens is 2. The van der Waals surface area contributed by atoms with Crippen LogP contribution in [0.4, 0.5) is 8.78 Å². The van der Waals surface area contributed by atoms with E-state index in [1.54, 1.807) is 29.2 Å². The minimum absolute atomic E-state index is 0.0728. The number of hydrogen-bond donors (Lipinski definition) is 1. The summed E-state index contributed by atoms with van der Waals surface area (Å²) in [7, 11) is 0. The van der Waals surface area contributed by atoms with Gasteiger partial charge in [0.15, 0.2) is 0 Å². The Morgan fingerprint density at radius 2 is 1.89 bits per heavy atom. The van der Waals surface area contributed by atoms with Gasteiger partial charge in [0.25, 0.3) is 5.91 Å². The van der Waals surface area contributed by atoms with Crippen molar-refractivity contribution in [1.29, 1.82) is 0 Å². The molecule has 1 N–H and O–H groups in total. The van der Waals surface area contributed by atoms with Gasteiger partial charge in [0.2, 0.25) is 0 Å². The lowest BCUT2D eigenvalue weighted by Crippen LogP contribution is -2.45. The molecule has 1 amide bonds. The fourth-order valence-corrected chi connectivity index (χ4v) is 4.24. The van der Waals surface area contributed by atoms with Crippen LogP contribution in [-0.2, 0) is 4.79 Å². The maximum atomic E-state index is 12.8. The van der Waals surface area contributed by atoms with E-state index in [4.69, 9.17) is 0 Å². The van der Waals surface area contributed by atoms with Crippen molar-refractivity contribution in [2.45, 2.75) is 20.0 Å². The third-order valence-electron chi connectivity index (χ3n) is 4.48. The summed E-state index contributed by atoms with van der Waals surface area (Å²) in [5, 5.41) is 9.26. The van der Waals surface area contributed by atoms with Crippen LogP contribution in [0.2, 0.25) is 0 Å². The van der Waals surface area contributed by atoms with Crippen LogP contribution >= 0.6 is 11.3 Å². The molecule has 0 radical (unpaired) electrons. The Morgan fingerprint density at radius 1 is 1.19 bits per heavy atom. The molecule has 0 spiro atoms. The molecule has 2 atom stereocenters. The van der Waals surface area contributed by atoms with E-state index in [1.165, 1.54) is 23.5 Å². The van der Waals surface area contributed by atoms with Gasteiger partial charge in [0, 0.05) is 18.0 Å². The topological polar surface area (TPSA) is 66.8 Å². The van der Waals surface area contributed by atoms with Gasteiger partial charge in [-0.05, 0) is 54.3 Å². The van der Waals surface area contributed by atoms with E-state index < -0.39 is 18.5 Å². The standard InChI is InChI=1S/C19H19F2NO4S/c1-11-8-13(18(24)25)10-22(9-11)17(23)16-7-6-15(27-16)12-2-4-14(5-3-12)26-19(20)21/h2-7,11,13,19H,8-10H2,1H3,(H,24,25). The van der Waals surface area contributed by atoms with Crippen molar-refractivity contribution in [3.05, 3.63) is 41.3 Å². The van der Waals surface area contributed by atoms with Gasteiger partial charge in [-0.25, -0.2) is 0 Å². The second kappa shape index (κ2) is 8.04. The molecule has 2 heterocycles. The van der Waals surface area contributed by atoms with E-state index >= 15 is 0 Å². The third kappa shape index (κ3) is 4.63. The van der Waals surface area contributed by atoms with Gasteiger partial charge in [-0.15, -0.1) is 11.3 Å². The first kappa shape index (κ1) is 19.3. The summed E-state index contributed by atoms with van der Waals surface area (Å²) in [6.07, 6.45) is 0.571. The van der Waals surface area contributed by atoms with Crippen molar-refractivity contribution in [2.24, 2.45) is 11.8 Å². The fourth-order valence-electron chi connectivity index (χ4n) is 3.26. The van der Waals surface area contributed by atoms with Crippen LogP contribution in [0, 0.1) is 11.8 Å². The van der Waals surface area contributed by atoms with Crippen molar-refractivity contribution in [2.75, 3.05) is 13.1 Å². The number of benzene rings is 1. The Labute approximate surface area is 159 Å². The molecule has 1 aliphatic heterocycles. The average molecular weight is 395 g/mol. The van der Waals surface area contributed by atoms with Crippen LogP contribution in [0.15, 0.2) is 36.4 Å². The van der Waals surface area contributed by atoms with Crippen molar-refractivity contribution in [3.63, 3.8) is 0 Å². The molecule has 0 bridgehead atoms. The number of aliphatic carboxylic acids is 1. The number of carboxylic acid groups (broad SMARTS) is 1. The zero-order valence-electron chi connectivity index (χ0n) is 14.6. The normalized spacial score (nSPS) is 19.9. The number of alkyl halides is 2. The quantitative estimate of drug-likeness (QED) is 0.824. The number of carbonyl (C=O) groups is 2. The Morgan fingerprint density at radius 3 is 2.52 bits per heavy atom. The molecule has 3 rings (SSSR count). The number of thiophene rings is 1. The van der Waals surface area contributed by atoms with Gasteiger partial charge in [-0.2, -0.15) is 8.78 Å². The molecule has 8 heteroatoms. The van der Waals surface area contributed by atoms with Crippen molar-refractivity contribution < 1.29 is 28.2 Å². The molecule has 2 aromatic rings. The number of likely N-dealkylation sites (tertiary alicyclic amines) is 1. The summed E-state index contributed by atoms with van der Waals surface area (Å²) in [6, 6.07) is 9.71. The van der Waals surface area contributed by atoms with Gasteiger partial charge in [-0.1, -0.05) is 6.92 Å². The van der Waals surface area contributed by atoms with Gasteiger partial charge in [-0.3, -0.25) is 9.59 Å². The van der Waals surface area contributed by atoms with Crippen LogP contribution in [0.1, 0.15) is 23.0 Å². The van der Waals surface area contributed by atoms with Gasteiger partial charge in [0.05, 0.1) is 10.8 Å². The molecule has 0 saturated carbocycles. The number of ether oxygens (including phenoxy) is 1. The largest absolute Gasteiger partial charge is 0.481 e. The summed E-state index contributed by atoms with van der Waals surface area (Å²) in [4.78, 5) is 27.0. The van der Waals surface area contributed by atoms with E-state index in [1.807, 2.05) is 6.92 Å². The number of carbonyl (C=O) groups excluding carboxylic acids is 1. The summed E-state index contributed by atoms with van der Waals surface area (Å²) >= 11 is 1.29. The molecular formula is C19H19F2NO4S.